The maximum Gasteiger partial charge on any atom is 0.0621 e. The zero-order valence-electron chi connectivity index (χ0n) is 8.97. The molecule has 0 amide bonds. The van der Waals surface area contributed by atoms with Gasteiger partial charge in [-0.25, -0.2) is 0 Å². The Kier molecular flexibility index (Phi) is 9.13. The highest BCUT2D eigenvalue weighted by Crippen LogP contribution is 2.00. The quantitative estimate of drug-likeness (QED) is 0.586. The van der Waals surface area contributed by atoms with Gasteiger partial charge in [0.25, 0.3) is 0 Å². The van der Waals surface area contributed by atoms with Crippen molar-refractivity contribution < 1.29 is 0 Å². The van der Waals surface area contributed by atoms with Crippen LogP contribution in [0.5, 0.6) is 0 Å². The van der Waals surface area contributed by atoms with Crippen LogP contribution in [0.3, 0.4) is 0 Å². The number of unbranched alkanes of at least 4 members (excludes halogenated alkanes) is 3. The molecule has 1 N–H and O–H groups in total. The second-order valence-corrected chi connectivity index (χ2v) is 3.61. The largest absolute Gasteiger partial charge is 0.314 e. The van der Waals surface area contributed by atoms with Crippen molar-refractivity contribution in [3.63, 3.8) is 0 Å². The second-order valence-electron chi connectivity index (χ2n) is 3.61. The average Bonchev–Trinajstić information content (AvgIpc) is 2.14. The highest BCUT2D eigenvalue weighted by Gasteiger charge is 1.98. The third kappa shape index (κ3) is 9.36. The Bertz CT molecular complexity index is 138. The fourth-order valence-electron chi connectivity index (χ4n) is 1.29. The minimum atomic E-state index is 0.641. The summed E-state index contributed by atoms with van der Waals surface area (Å²) in [7, 11) is 0. The van der Waals surface area contributed by atoms with E-state index in [4.69, 9.17) is 5.26 Å². The predicted octanol–water partition coefficient (Wildman–Crippen LogP) is 2.85. The van der Waals surface area contributed by atoms with Gasteiger partial charge in [0.15, 0.2) is 0 Å². The van der Waals surface area contributed by atoms with E-state index in [1.807, 2.05) is 0 Å². The molecule has 13 heavy (non-hydrogen) atoms. The molecule has 0 spiro atoms. The molecule has 0 saturated heterocycles. The summed E-state index contributed by atoms with van der Waals surface area (Å²) in [6.07, 6.45) is 6.72. The van der Waals surface area contributed by atoms with Crippen LogP contribution in [0.15, 0.2) is 0 Å². The number of hydrogen-bond acceptors (Lipinski definition) is 2. The van der Waals surface area contributed by atoms with Crippen molar-refractivity contribution in [2.24, 2.45) is 0 Å². The normalized spacial score (nSPS) is 12.4. The molecule has 2 heteroatoms. The fourth-order valence-corrected chi connectivity index (χ4v) is 1.29. The van der Waals surface area contributed by atoms with E-state index in [9.17, 15) is 0 Å². The number of nitrogens with one attached hydrogen (secondary N) is 1. The lowest BCUT2D eigenvalue weighted by Gasteiger charge is -2.12. The van der Waals surface area contributed by atoms with E-state index in [-0.39, 0.29) is 0 Å². The lowest BCUT2D eigenvalue weighted by atomic mass is 10.1. The summed E-state index contributed by atoms with van der Waals surface area (Å²) in [6, 6.07) is 2.80. The maximum atomic E-state index is 8.32. The molecule has 0 saturated carbocycles. The summed E-state index contributed by atoms with van der Waals surface area (Å²) in [5.74, 6) is 0. The molecule has 0 heterocycles. The number of nitriles is 1. The number of rotatable bonds is 8. The molecule has 76 valence electrons. The lowest BCUT2D eigenvalue weighted by molar-refractivity contribution is 0.485. The van der Waals surface area contributed by atoms with Gasteiger partial charge in [-0.05, 0) is 32.7 Å². The van der Waals surface area contributed by atoms with Gasteiger partial charge in [0.05, 0.1) is 6.07 Å². The molecule has 0 fully saturated rings. The first-order chi connectivity index (χ1) is 6.31. The molecule has 0 radical (unpaired) electrons. The molecule has 0 aromatic carbocycles. The second kappa shape index (κ2) is 9.54. The van der Waals surface area contributed by atoms with Crippen LogP contribution < -0.4 is 5.32 Å². The molecule has 0 aliphatic heterocycles. The zero-order valence-corrected chi connectivity index (χ0v) is 8.97. The molecule has 0 rings (SSSR count). The van der Waals surface area contributed by atoms with Crippen molar-refractivity contribution in [1.29, 1.82) is 5.26 Å². The molecule has 0 aromatic rings. The van der Waals surface area contributed by atoms with Crippen LogP contribution in [0.2, 0.25) is 0 Å². The molecule has 0 aliphatic carbocycles. The van der Waals surface area contributed by atoms with Crippen molar-refractivity contribution in [3.8, 4) is 6.07 Å². The standard InChI is InChI=1S/C11H22N2/c1-3-4-8-11(2)13-10-7-5-6-9-12/h11,13H,3-8,10H2,1-2H3. The van der Waals surface area contributed by atoms with Gasteiger partial charge >= 0.3 is 0 Å². The highest BCUT2D eigenvalue weighted by molar-refractivity contribution is 4.68. The highest BCUT2D eigenvalue weighted by atomic mass is 14.9. The van der Waals surface area contributed by atoms with Crippen molar-refractivity contribution in [2.45, 2.75) is 58.4 Å². The van der Waals surface area contributed by atoms with Crippen LogP contribution in [0.1, 0.15) is 52.4 Å². The van der Waals surface area contributed by atoms with Gasteiger partial charge in [0.2, 0.25) is 0 Å². The van der Waals surface area contributed by atoms with E-state index in [0.717, 1.165) is 19.4 Å². The van der Waals surface area contributed by atoms with Gasteiger partial charge in [-0.15, -0.1) is 0 Å². The Labute approximate surface area is 82.3 Å². The topological polar surface area (TPSA) is 35.8 Å². The van der Waals surface area contributed by atoms with E-state index >= 15 is 0 Å². The Balaban J connectivity index is 3.08. The molecule has 1 unspecified atom stereocenters. The Morgan fingerprint density at radius 2 is 2.08 bits per heavy atom. The first-order valence-corrected chi connectivity index (χ1v) is 5.41. The summed E-state index contributed by atoms with van der Waals surface area (Å²) < 4.78 is 0. The van der Waals surface area contributed by atoms with Gasteiger partial charge in [-0.3, -0.25) is 0 Å². The smallest absolute Gasteiger partial charge is 0.0621 e. The first-order valence-electron chi connectivity index (χ1n) is 5.41. The van der Waals surface area contributed by atoms with Crippen molar-refractivity contribution >= 4 is 0 Å². The third-order valence-corrected chi connectivity index (χ3v) is 2.20. The van der Waals surface area contributed by atoms with E-state index < -0.39 is 0 Å². The van der Waals surface area contributed by atoms with Crippen LogP contribution in [-0.4, -0.2) is 12.6 Å². The molecule has 2 nitrogen and oxygen atoms in total. The molecule has 1 atom stereocenters. The Morgan fingerprint density at radius 1 is 1.31 bits per heavy atom. The van der Waals surface area contributed by atoms with Crippen molar-refractivity contribution in [1.82, 2.24) is 5.32 Å². The van der Waals surface area contributed by atoms with Gasteiger partial charge in [-0.2, -0.15) is 5.26 Å². The van der Waals surface area contributed by atoms with Gasteiger partial charge in [0, 0.05) is 12.5 Å². The minimum absolute atomic E-state index is 0.641. The van der Waals surface area contributed by atoms with Gasteiger partial charge in [-0.1, -0.05) is 19.8 Å². The van der Waals surface area contributed by atoms with E-state index in [1.54, 1.807) is 0 Å². The number of hydrogen-bond donors (Lipinski definition) is 1. The Morgan fingerprint density at radius 3 is 2.69 bits per heavy atom. The Hall–Kier alpha value is -0.550. The predicted molar refractivity (Wildman–Crippen MR) is 56.5 cm³/mol. The molecule has 0 aromatic heterocycles. The number of nitrogens with zero attached hydrogens (tertiary/aromatic N) is 1. The summed E-state index contributed by atoms with van der Waals surface area (Å²) >= 11 is 0. The fraction of sp³-hybridized carbons (Fsp3) is 0.909. The van der Waals surface area contributed by atoms with Gasteiger partial charge < -0.3 is 5.32 Å². The average molecular weight is 182 g/mol. The monoisotopic (exact) mass is 182 g/mol. The molecule has 0 bridgehead atoms. The maximum absolute atomic E-state index is 8.32. The van der Waals surface area contributed by atoms with Crippen LogP contribution >= 0.6 is 0 Å². The van der Waals surface area contributed by atoms with Crippen molar-refractivity contribution in [3.05, 3.63) is 0 Å². The van der Waals surface area contributed by atoms with E-state index in [0.29, 0.717) is 12.5 Å². The molecule has 0 aliphatic rings. The third-order valence-electron chi connectivity index (χ3n) is 2.20. The van der Waals surface area contributed by atoms with Crippen LogP contribution in [0.4, 0.5) is 0 Å². The summed E-state index contributed by atoms with van der Waals surface area (Å²) in [5, 5.41) is 11.8. The van der Waals surface area contributed by atoms with E-state index in [2.05, 4.69) is 25.2 Å². The summed E-state index contributed by atoms with van der Waals surface area (Å²) in [4.78, 5) is 0. The van der Waals surface area contributed by atoms with Crippen LogP contribution in [-0.2, 0) is 0 Å². The molecular formula is C11H22N2. The summed E-state index contributed by atoms with van der Waals surface area (Å²) in [5.41, 5.74) is 0. The minimum Gasteiger partial charge on any atom is -0.314 e. The lowest BCUT2D eigenvalue weighted by Crippen LogP contribution is -2.26. The van der Waals surface area contributed by atoms with Crippen molar-refractivity contribution in [2.75, 3.05) is 6.54 Å². The SMILES string of the molecule is CCCCC(C)NCCCCC#N. The van der Waals surface area contributed by atoms with E-state index in [1.165, 1.54) is 19.3 Å². The van der Waals surface area contributed by atoms with Crippen LogP contribution in [0.25, 0.3) is 0 Å². The summed E-state index contributed by atoms with van der Waals surface area (Å²) in [6.45, 7) is 5.52. The van der Waals surface area contributed by atoms with Crippen LogP contribution in [0, 0.1) is 11.3 Å². The van der Waals surface area contributed by atoms with Gasteiger partial charge in [0.1, 0.15) is 0 Å². The first kappa shape index (κ1) is 12.4. The molecular weight excluding hydrogens is 160 g/mol. The zero-order chi connectivity index (χ0) is 9.94.